The molecule has 2 amide bonds. The third-order valence-electron chi connectivity index (χ3n) is 3.85. The fourth-order valence-corrected chi connectivity index (χ4v) is 2.69. The van der Waals surface area contributed by atoms with Crippen LogP contribution in [0.15, 0.2) is 24.3 Å². The molecular weight excluding hydrogens is 314 g/mol. The van der Waals surface area contributed by atoms with Gasteiger partial charge < -0.3 is 10.1 Å². The van der Waals surface area contributed by atoms with Crippen molar-refractivity contribution in [2.45, 2.75) is 32.1 Å². The van der Waals surface area contributed by atoms with Crippen molar-refractivity contribution in [3.63, 3.8) is 0 Å². The summed E-state index contributed by atoms with van der Waals surface area (Å²) in [6.45, 7) is 0. The molecule has 0 spiro atoms. The number of hydrogen-bond acceptors (Lipinski definition) is 4. The smallest absolute Gasteiger partial charge is 0.269 e. The summed E-state index contributed by atoms with van der Waals surface area (Å²) in [5.41, 5.74) is 5.47. The van der Waals surface area contributed by atoms with E-state index in [0.29, 0.717) is 11.3 Å². The van der Waals surface area contributed by atoms with Gasteiger partial charge in [-0.2, -0.15) is 0 Å². The molecule has 0 heterocycles. The van der Waals surface area contributed by atoms with Gasteiger partial charge >= 0.3 is 0 Å². The van der Waals surface area contributed by atoms with Crippen LogP contribution in [0.2, 0.25) is 0 Å². The van der Waals surface area contributed by atoms with Crippen molar-refractivity contribution in [1.82, 2.24) is 16.2 Å². The van der Waals surface area contributed by atoms with Crippen LogP contribution in [0.4, 0.5) is 0 Å². The monoisotopic (exact) mass is 335 g/mol. The second kappa shape index (κ2) is 8.47. The predicted octanol–water partition coefficient (Wildman–Crippen LogP) is 1.91. The lowest BCUT2D eigenvalue weighted by atomic mass is 9.89. The van der Waals surface area contributed by atoms with E-state index in [-0.39, 0.29) is 22.8 Å². The molecule has 0 aromatic heterocycles. The molecule has 2 rings (SSSR count). The van der Waals surface area contributed by atoms with E-state index in [0.717, 1.165) is 25.7 Å². The average molecular weight is 335 g/mol. The Morgan fingerprint density at radius 2 is 1.74 bits per heavy atom. The average Bonchev–Trinajstić information content (AvgIpc) is 2.60. The van der Waals surface area contributed by atoms with Crippen molar-refractivity contribution in [2.75, 3.05) is 7.11 Å². The molecule has 6 nitrogen and oxygen atoms in total. The van der Waals surface area contributed by atoms with E-state index in [9.17, 15) is 9.59 Å². The summed E-state index contributed by atoms with van der Waals surface area (Å²) in [4.78, 5) is 24.0. The predicted molar refractivity (Wildman–Crippen MR) is 90.9 cm³/mol. The number of benzene rings is 1. The molecule has 1 saturated carbocycles. The summed E-state index contributed by atoms with van der Waals surface area (Å²) in [5, 5.41) is 2.72. The highest BCUT2D eigenvalue weighted by atomic mass is 32.1. The quantitative estimate of drug-likeness (QED) is 0.581. The number of nitrogens with one attached hydrogen (secondary N) is 3. The maximum Gasteiger partial charge on any atom is 0.269 e. The Bertz CT molecular complexity index is 568. The molecule has 1 aliphatic carbocycles. The first kappa shape index (κ1) is 17.2. The second-order valence-electron chi connectivity index (χ2n) is 5.46. The van der Waals surface area contributed by atoms with Crippen molar-refractivity contribution in [3.05, 3.63) is 29.8 Å². The molecule has 3 N–H and O–H groups in total. The van der Waals surface area contributed by atoms with Gasteiger partial charge in [0.2, 0.25) is 5.91 Å². The third-order valence-corrected chi connectivity index (χ3v) is 4.06. The zero-order chi connectivity index (χ0) is 16.7. The molecule has 7 heteroatoms. The summed E-state index contributed by atoms with van der Waals surface area (Å²) in [6, 6.07) is 6.66. The lowest BCUT2D eigenvalue weighted by molar-refractivity contribution is -0.124. The van der Waals surface area contributed by atoms with Crippen LogP contribution in [0, 0.1) is 5.92 Å². The second-order valence-corrected chi connectivity index (χ2v) is 5.87. The van der Waals surface area contributed by atoms with Crippen LogP contribution in [0.3, 0.4) is 0 Å². The summed E-state index contributed by atoms with van der Waals surface area (Å²) in [6.07, 6.45) is 5.13. The Kier molecular flexibility index (Phi) is 6.34. The molecular formula is C16H21N3O3S. The number of carbonyl (C=O) groups excluding carboxylic acids is 2. The van der Waals surface area contributed by atoms with E-state index in [2.05, 4.69) is 16.2 Å². The molecule has 0 aliphatic heterocycles. The van der Waals surface area contributed by atoms with Crippen molar-refractivity contribution in [1.29, 1.82) is 0 Å². The third kappa shape index (κ3) is 5.21. The summed E-state index contributed by atoms with van der Waals surface area (Å²) >= 11 is 5.03. The number of hydrazine groups is 1. The number of thiocarbonyl (C=S) groups is 1. The SMILES string of the molecule is COc1ccc(C(=O)NNC(=S)NC(=O)C2CCCCC2)cc1. The molecule has 1 aliphatic rings. The zero-order valence-corrected chi connectivity index (χ0v) is 13.9. The molecule has 0 bridgehead atoms. The molecule has 0 unspecified atom stereocenters. The van der Waals surface area contributed by atoms with Gasteiger partial charge in [-0.3, -0.25) is 20.4 Å². The Labute approximate surface area is 140 Å². The van der Waals surface area contributed by atoms with Crippen molar-refractivity contribution in [2.24, 2.45) is 5.92 Å². The number of amides is 2. The van der Waals surface area contributed by atoms with Crippen LogP contribution in [0.1, 0.15) is 42.5 Å². The first-order valence-corrected chi connectivity index (χ1v) is 8.06. The Hall–Kier alpha value is -2.15. The number of methoxy groups -OCH3 is 1. The molecule has 1 aromatic rings. The summed E-state index contributed by atoms with van der Waals surface area (Å²) in [5.74, 6) is 0.258. The molecule has 1 aromatic carbocycles. The van der Waals surface area contributed by atoms with Gasteiger partial charge in [0, 0.05) is 11.5 Å². The van der Waals surface area contributed by atoms with E-state index < -0.39 is 0 Å². The maximum absolute atomic E-state index is 12.0. The van der Waals surface area contributed by atoms with Gasteiger partial charge in [-0.15, -0.1) is 0 Å². The molecule has 124 valence electrons. The van der Waals surface area contributed by atoms with Crippen LogP contribution in [0.25, 0.3) is 0 Å². The minimum Gasteiger partial charge on any atom is -0.497 e. The van der Waals surface area contributed by atoms with Crippen LogP contribution in [-0.2, 0) is 4.79 Å². The Morgan fingerprint density at radius 3 is 2.35 bits per heavy atom. The van der Waals surface area contributed by atoms with Crippen molar-refractivity contribution < 1.29 is 14.3 Å². The molecule has 0 radical (unpaired) electrons. The van der Waals surface area contributed by atoms with Gasteiger partial charge in [-0.1, -0.05) is 19.3 Å². The van der Waals surface area contributed by atoms with Crippen LogP contribution in [-0.4, -0.2) is 24.0 Å². The standard InChI is InChI=1S/C16H21N3O3S/c1-22-13-9-7-12(8-10-13)15(21)18-19-16(23)17-14(20)11-5-3-2-4-6-11/h7-11H,2-6H2,1H3,(H,18,21)(H2,17,19,20,23). The van der Waals surface area contributed by atoms with E-state index in [1.807, 2.05) is 0 Å². The van der Waals surface area contributed by atoms with E-state index in [1.165, 1.54) is 6.42 Å². The van der Waals surface area contributed by atoms with E-state index in [4.69, 9.17) is 17.0 Å². The lowest BCUT2D eigenvalue weighted by Gasteiger charge is -2.21. The van der Waals surface area contributed by atoms with Gasteiger partial charge in [0.1, 0.15) is 5.75 Å². The topological polar surface area (TPSA) is 79.5 Å². The summed E-state index contributed by atoms with van der Waals surface area (Å²) < 4.78 is 5.03. The molecule has 0 saturated heterocycles. The highest BCUT2D eigenvalue weighted by Crippen LogP contribution is 2.23. The molecule has 1 fully saturated rings. The number of rotatable bonds is 3. The normalized spacial score (nSPS) is 14.7. The van der Waals surface area contributed by atoms with Crippen molar-refractivity contribution in [3.8, 4) is 5.75 Å². The van der Waals surface area contributed by atoms with E-state index >= 15 is 0 Å². The van der Waals surface area contributed by atoms with Gasteiger partial charge in [-0.05, 0) is 49.3 Å². The first-order chi connectivity index (χ1) is 11.1. The van der Waals surface area contributed by atoms with Crippen molar-refractivity contribution >= 4 is 29.1 Å². The minimum atomic E-state index is -0.345. The largest absolute Gasteiger partial charge is 0.497 e. The Morgan fingerprint density at radius 1 is 1.09 bits per heavy atom. The van der Waals surface area contributed by atoms with Gasteiger partial charge in [-0.25, -0.2) is 0 Å². The minimum absolute atomic E-state index is 0.0146. The highest BCUT2D eigenvalue weighted by Gasteiger charge is 2.21. The maximum atomic E-state index is 12.0. The van der Waals surface area contributed by atoms with Crippen LogP contribution in [0.5, 0.6) is 5.75 Å². The molecule has 23 heavy (non-hydrogen) atoms. The lowest BCUT2D eigenvalue weighted by Crippen LogP contribution is -2.49. The number of hydrogen-bond donors (Lipinski definition) is 3. The van der Waals surface area contributed by atoms with Gasteiger partial charge in [0.05, 0.1) is 7.11 Å². The Balaban J connectivity index is 1.76. The zero-order valence-electron chi connectivity index (χ0n) is 13.1. The molecule has 0 atom stereocenters. The van der Waals surface area contributed by atoms with Gasteiger partial charge in [0.25, 0.3) is 5.91 Å². The van der Waals surface area contributed by atoms with Crippen LogP contribution < -0.4 is 20.9 Å². The number of ether oxygens (including phenoxy) is 1. The first-order valence-electron chi connectivity index (χ1n) is 7.65. The van der Waals surface area contributed by atoms with E-state index in [1.54, 1.807) is 31.4 Å². The number of carbonyl (C=O) groups is 2. The van der Waals surface area contributed by atoms with Crippen LogP contribution >= 0.6 is 12.2 Å². The fraction of sp³-hybridized carbons (Fsp3) is 0.438. The summed E-state index contributed by atoms with van der Waals surface area (Å²) in [7, 11) is 1.56. The fourth-order valence-electron chi connectivity index (χ4n) is 2.54. The highest BCUT2D eigenvalue weighted by molar-refractivity contribution is 7.80. The van der Waals surface area contributed by atoms with Gasteiger partial charge in [0.15, 0.2) is 5.11 Å².